The largest absolute Gasteiger partial charge is 0.481 e. The lowest BCUT2D eigenvalue weighted by atomic mass is 9.90. The molecule has 3 atom stereocenters. The molecular formula is C16H20FNO4. The van der Waals surface area contributed by atoms with Gasteiger partial charge >= 0.3 is 5.97 Å². The number of carboxylic acid groups (broad SMARTS) is 1. The molecule has 0 aromatic heterocycles. The number of ether oxygens (including phenoxy) is 1. The van der Waals surface area contributed by atoms with Crippen LogP contribution in [0, 0.1) is 17.7 Å². The highest BCUT2D eigenvalue weighted by Gasteiger charge is 2.34. The number of para-hydroxylation sites is 1. The normalized spacial score (nSPS) is 23.0. The molecule has 1 amide bonds. The van der Waals surface area contributed by atoms with Crippen LogP contribution in [0.3, 0.4) is 0 Å². The Balaban J connectivity index is 2.03. The van der Waals surface area contributed by atoms with E-state index in [2.05, 4.69) is 0 Å². The number of aliphatic carboxylic acids is 1. The van der Waals surface area contributed by atoms with Crippen molar-refractivity contribution in [2.24, 2.45) is 11.8 Å². The third-order valence-electron chi connectivity index (χ3n) is 3.81. The van der Waals surface area contributed by atoms with E-state index < -0.39 is 23.8 Å². The molecule has 0 bridgehead atoms. The lowest BCUT2D eigenvalue weighted by Gasteiger charge is -2.36. The monoisotopic (exact) mass is 309 g/mol. The molecule has 1 saturated heterocycles. The van der Waals surface area contributed by atoms with E-state index in [-0.39, 0.29) is 24.1 Å². The van der Waals surface area contributed by atoms with Crippen molar-refractivity contribution in [2.75, 3.05) is 13.1 Å². The second-order valence-corrected chi connectivity index (χ2v) is 5.81. The Bertz CT molecular complexity index is 563. The second kappa shape index (κ2) is 6.77. The van der Waals surface area contributed by atoms with Gasteiger partial charge in [0.2, 0.25) is 0 Å². The number of carboxylic acids is 1. The van der Waals surface area contributed by atoms with Crippen molar-refractivity contribution in [2.45, 2.75) is 26.4 Å². The van der Waals surface area contributed by atoms with Crippen molar-refractivity contribution in [3.05, 3.63) is 30.1 Å². The van der Waals surface area contributed by atoms with E-state index in [4.69, 9.17) is 9.84 Å². The van der Waals surface area contributed by atoms with Gasteiger partial charge < -0.3 is 14.7 Å². The fraction of sp³-hybridized carbons (Fsp3) is 0.500. The molecule has 1 aromatic rings. The van der Waals surface area contributed by atoms with Crippen LogP contribution < -0.4 is 4.74 Å². The van der Waals surface area contributed by atoms with Gasteiger partial charge in [0.15, 0.2) is 17.7 Å². The van der Waals surface area contributed by atoms with Crippen molar-refractivity contribution < 1.29 is 23.8 Å². The Morgan fingerprint density at radius 1 is 1.36 bits per heavy atom. The predicted octanol–water partition coefficient (Wildman–Crippen LogP) is 2.16. The first kappa shape index (κ1) is 16.3. The summed E-state index contributed by atoms with van der Waals surface area (Å²) in [5.41, 5.74) is 0. The van der Waals surface area contributed by atoms with Gasteiger partial charge in [-0.15, -0.1) is 0 Å². The molecule has 0 saturated carbocycles. The van der Waals surface area contributed by atoms with E-state index in [0.29, 0.717) is 13.0 Å². The molecular weight excluding hydrogens is 289 g/mol. The number of hydrogen-bond donors (Lipinski definition) is 1. The van der Waals surface area contributed by atoms with E-state index in [9.17, 15) is 14.0 Å². The molecule has 1 aliphatic heterocycles. The van der Waals surface area contributed by atoms with Gasteiger partial charge in [-0.1, -0.05) is 19.1 Å². The number of amides is 1. The first-order valence-corrected chi connectivity index (χ1v) is 7.31. The SMILES string of the molecule is CC1CC(C(=O)O)CN(C(=O)C(C)Oc2ccccc2F)C1. The number of likely N-dealkylation sites (tertiary alicyclic amines) is 1. The van der Waals surface area contributed by atoms with Crippen LogP contribution in [-0.2, 0) is 9.59 Å². The zero-order valence-electron chi connectivity index (χ0n) is 12.7. The van der Waals surface area contributed by atoms with Crippen LogP contribution in [0.2, 0.25) is 0 Å². The smallest absolute Gasteiger partial charge is 0.308 e. The average molecular weight is 309 g/mol. The minimum absolute atomic E-state index is 0.0168. The maximum Gasteiger partial charge on any atom is 0.308 e. The number of nitrogens with zero attached hydrogens (tertiary/aromatic N) is 1. The number of piperidine rings is 1. The number of benzene rings is 1. The van der Waals surface area contributed by atoms with Crippen LogP contribution in [0.4, 0.5) is 4.39 Å². The second-order valence-electron chi connectivity index (χ2n) is 5.81. The summed E-state index contributed by atoms with van der Waals surface area (Å²) in [4.78, 5) is 25.1. The van der Waals surface area contributed by atoms with Gasteiger partial charge in [-0.05, 0) is 31.4 Å². The fourth-order valence-corrected chi connectivity index (χ4v) is 2.75. The molecule has 0 spiro atoms. The van der Waals surface area contributed by atoms with Gasteiger partial charge in [0, 0.05) is 13.1 Å². The van der Waals surface area contributed by atoms with Crippen LogP contribution in [0.25, 0.3) is 0 Å². The Kier molecular flexibility index (Phi) is 5.00. The fourth-order valence-electron chi connectivity index (χ4n) is 2.75. The third kappa shape index (κ3) is 3.75. The first-order valence-electron chi connectivity index (χ1n) is 7.31. The molecule has 22 heavy (non-hydrogen) atoms. The summed E-state index contributed by atoms with van der Waals surface area (Å²) >= 11 is 0. The minimum Gasteiger partial charge on any atom is -0.481 e. The predicted molar refractivity (Wildman–Crippen MR) is 78.0 cm³/mol. The van der Waals surface area contributed by atoms with E-state index in [1.165, 1.54) is 17.0 Å². The number of rotatable bonds is 4. The van der Waals surface area contributed by atoms with Gasteiger partial charge in [-0.2, -0.15) is 0 Å². The van der Waals surface area contributed by atoms with Gasteiger partial charge in [0.25, 0.3) is 5.91 Å². The maximum atomic E-state index is 13.6. The minimum atomic E-state index is -0.896. The molecule has 0 radical (unpaired) electrons. The molecule has 5 nitrogen and oxygen atoms in total. The van der Waals surface area contributed by atoms with E-state index >= 15 is 0 Å². The summed E-state index contributed by atoms with van der Waals surface area (Å²) in [6.07, 6.45) is -0.307. The molecule has 0 aliphatic carbocycles. The molecule has 120 valence electrons. The highest BCUT2D eigenvalue weighted by atomic mass is 19.1. The van der Waals surface area contributed by atoms with Gasteiger partial charge in [0.05, 0.1) is 5.92 Å². The number of halogens is 1. The topological polar surface area (TPSA) is 66.8 Å². The molecule has 1 N–H and O–H groups in total. The van der Waals surface area contributed by atoms with Crippen LogP contribution >= 0.6 is 0 Å². The van der Waals surface area contributed by atoms with Gasteiger partial charge in [-0.3, -0.25) is 9.59 Å². The zero-order chi connectivity index (χ0) is 16.3. The lowest BCUT2D eigenvalue weighted by molar-refractivity contribution is -0.149. The molecule has 3 unspecified atom stereocenters. The molecule has 1 heterocycles. The van der Waals surface area contributed by atoms with Crippen molar-refractivity contribution in [3.63, 3.8) is 0 Å². The van der Waals surface area contributed by atoms with Crippen molar-refractivity contribution in [1.29, 1.82) is 0 Å². The Morgan fingerprint density at radius 3 is 2.68 bits per heavy atom. The van der Waals surface area contributed by atoms with Crippen molar-refractivity contribution in [3.8, 4) is 5.75 Å². The molecule has 1 fully saturated rings. The van der Waals surface area contributed by atoms with Crippen molar-refractivity contribution >= 4 is 11.9 Å². The van der Waals surface area contributed by atoms with Gasteiger partial charge in [0.1, 0.15) is 0 Å². The number of hydrogen-bond acceptors (Lipinski definition) is 3. The summed E-state index contributed by atoms with van der Waals surface area (Å²) in [6, 6.07) is 5.88. The number of carbonyl (C=O) groups excluding carboxylic acids is 1. The lowest BCUT2D eigenvalue weighted by Crippen LogP contribution is -2.49. The van der Waals surface area contributed by atoms with E-state index in [1.807, 2.05) is 6.92 Å². The third-order valence-corrected chi connectivity index (χ3v) is 3.81. The van der Waals surface area contributed by atoms with Crippen LogP contribution in [0.1, 0.15) is 20.3 Å². The van der Waals surface area contributed by atoms with E-state index in [0.717, 1.165) is 0 Å². The standard InChI is InChI=1S/C16H20FNO4/c1-10-7-12(16(20)21)9-18(8-10)15(19)11(2)22-14-6-4-3-5-13(14)17/h3-6,10-12H,7-9H2,1-2H3,(H,20,21). The molecule has 1 aromatic carbocycles. The Morgan fingerprint density at radius 2 is 2.05 bits per heavy atom. The highest BCUT2D eigenvalue weighted by molar-refractivity contribution is 5.82. The summed E-state index contributed by atoms with van der Waals surface area (Å²) in [5, 5.41) is 9.15. The zero-order valence-corrected chi connectivity index (χ0v) is 12.7. The highest BCUT2D eigenvalue weighted by Crippen LogP contribution is 2.23. The quantitative estimate of drug-likeness (QED) is 0.925. The summed E-state index contributed by atoms with van der Waals surface area (Å²) < 4.78 is 18.9. The van der Waals surface area contributed by atoms with Crippen LogP contribution in [0.15, 0.2) is 24.3 Å². The first-order chi connectivity index (χ1) is 10.4. The van der Waals surface area contributed by atoms with E-state index in [1.54, 1.807) is 19.1 Å². The molecule has 2 rings (SSSR count). The molecule has 1 aliphatic rings. The van der Waals surface area contributed by atoms with Crippen LogP contribution in [0.5, 0.6) is 5.75 Å². The molecule has 6 heteroatoms. The summed E-state index contributed by atoms with van der Waals surface area (Å²) in [6.45, 7) is 4.12. The van der Waals surface area contributed by atoms with Crippen LogP contribution in [-0.4, -0.2) is 41.1 Å². The summed E-state index contributed by atoms with van der Waals surface area (Å²) in [5.74, 6) is -2.18. The Labute approximate surface area is 128 Å². The summed E-state index contributed by atoms with van der Waals surface area (Å²) in [7, 11) is 0. The average Bonchev–Trinajstić information content (AvgIpc) is 2.48. The van der Waals surface area contributed by atoms with Crippen molar-refractivity contribution in [1.82, 2.24) is 4.90 Å². The number of carbonyl (C=O) groups is 2. The van der Waals surface area contributed by atoms with Gasteiger partial charge in [-0.25, -0.2) is 4.39 Å². The Hall–Kier alpha value is -2.11. The maximum absolute atomic E-state index is 13.6.